The van der Waals surface area contributed by atoms with Crippen LogP contribution in [0.4, 0.5) is 0 Å². The summed E-state index contributed by atoms with van der Waals surface area (Å²) in [6.45, 7) is 9.53. The average Bonchev–Trinajstić information content (AvgIpc) is 2.97. The summed E-state index contributed by atoms with van der Waals surface area (Å²) in [7, 11) is -2.56. The highest BCUT2D eigenvalue weighted by atomic mass is 28.4. The van der Waals surface area contributed by atoms with Gasteiger partial charge in [-0.2, -0.15) is 0 Å². The fraction of sp³-hybridized carbons (Fsp3) is 0.375. The van der Waals surface area contributed by atoms with Crippen molar-refractivity contribution in [2.45, 2.75) is 25.8 Å². The van der Waals surface area contributed by atoms with E-state index in [1.807, 2.05) is 12.1 Å². The molecule has 0 radical (unpaired) electrons. The molecule has 0 aliphatic rings. The molecule has 0 N–H and O–H groups in total. The second-order valence-corrected chi connectivity index (χ2v) is 14.5. The van der Waals surface area contributed by atoms with Gasteiger partial charge in [-0.1, -0.05) is 112 Å². The van der Waals surface area contributed by atoms with E-state index in [1.165, 1.54) is 10.4 Å². The van der Waals surface area contributed by atoms with Crippen molar-refractivity contribution in [2.24, 2.45) is 0 Å². The summed E-state index contributed by atoms with van der Waals surface area (Å²) < 4.78 is 28.5. The first-order chi connectivity index (χ1) is 19.4. The smallest absolute Gasteiger partial charge is 0.379 e. The Hall–Kier alpha value is -3.14. The van der Waals surface area contributed by atoms with E-state index in [2.05, 4.69) is 69.3 Å². The lowest BCUT2D eigenvalue weighted by molar-refractivity contribution is -0.139. The minimum absolute atomic E-state index is 0.00580. The zero-order chi connectivity index (χ0) is 28.7. The van der Waals surface area contributed by atoms with Crippen LogP contribution in [0.3, 0.4) is 0 Å². The van der Waals surface area contributed by atoms with Gasteiger partial charge in [0, 0.05) is 5.56 Å². The normalized spacial score (nSPS) is 11.8. The number of benzene rings is 3. The summed E-state index contributed by atoms with van der Waals surface area (Å²) >= 11 is 0. The van der Waals surface area contributed by atoms with Crippen molar-refractivity contribution in [3.8, 4) is 0 Å². The van der Waals surface area contributed by atoms with Crippen molar-refractivity contribution >= 4 is 30.4 Å². The van der Waals surface area contributed by atoms with Crippen LogP contribution in [0.5, 0.6) is 0 Å². The molecule has 3 rings (SSSR count). The van der Waals surface area contributed by atoms with Crippen LogP contribution in [-0.4, -0.2) is 72.9 Å². The Bertz CT molecular complexity index is 1110. The number of carbonyl (C=O) groups excluding carboxylic acids is 2. The van der Waals surface area contributed by atoms with E-state index in [0.29, 0.717) is 45.2 Å². The van der Waals surface area contributed by atoms with Crippen molar-refractivity contribution in [1.82, 2.24) is 0 Å². The predicted molar refractivity (Wildman–Crippen MR) is 158 cm³/mol. The summed E-state index contributed by atoms with van der Waals surface area (Å²) in [5.41, 5.74) is 0.304. The first-order valence-electron chi connectivity index (χ1n) is 13.6. The summed E-state index contributed by atoms with van der Waals surface area (Å²) in [6, 6.07) is 29.4. The van der Waals surface area contributed by atoms with E-state index in [9.17, 15) is 9.59 Å². The second-order valence-electron chi connectivity index (χ2n) is 10.2. The molecule has 0 heterocycles. The monoisotopic (exact) mass is 564 g/mol. The molecule has 0 atom stereocenters. The van der Waals surface area contributed by atoms with Crippen LogP contribution in [-0.2, 0) is 28.2 Å². The lowest BCUT2D eigenvalue weighted by Crippen LogP contribution is -2.66. The molecule has 0 aliphatic heterocycles. The van der Waals surface area contributed by atoms with E-state index in [1.54, 1.807) is 30.3 Å². The zero-order valence-corrected chi connectivity index (χ0v) is 24.7. The molecule has 214 valence electrons. The van der Waals surface area contributed by atoms with Crippen molar-refractivity contribution in [2.75, 3.05) is 52.9 Å². The highest BCUT2D eigenvalue weighted by Crippen LogP contribution is 2.36. The second kappa shape index (κ2) is 16.2. The van der Waals surface area contributed by atoms with E-state index >= 15 is 0 Å². The van der Waals surface area contributed by atoms with Crippen molar-refractivity contribution in [3.63, 3.8) is 0 Å². The molecule has 0 unspecified atom stereocenters. The number of ketones is 1. The first-order valence-corrected chi connectivity index (χ1v) is 15.5. The van der Waals surface area contributed by atoms with Crippen LogP contribution in [0.15, 0.2) is 91.0 Å². The number of Topliss-reactive ketones (excluding diaryl/α,β-unsaturated/α-hetero) is 1. The standard InChI is InChI=1S/C32H40O7Si/c1-32(2,3)40(28-15-9-5-10-16-28,29-17-11-6-12-18-29)39-26-24-37-22-20-35-19-21-36-23-25-38-31(34)30(33)27-13-7-4-8-14-27/h4-18H,19-26H2,1-3H3. The third-order valence-electron chi connectivity index (χ3n) is 6.39. The van der Waals surface area contributed by atoms with Crippen LogP contribution in [0.2, 0.25) is 5.04 Å². The van der Waals surface area contributed by atoms with Gasteiger partial charge in [0.05, 0.1) is 46.2 Å². The molecule has 0 fully saturated rings. The Morgan fingerprint density at radius 3 is 1.43 bits per heavy atom. The summed E-state index contributed by atoms with van der Waals surface area (Å²) in [5.74, 6) is -1.55. The molecule has 40 heavy (non-hydrogen) atoms. The van der Waals surface area contributed by atoms with Crippen LogP contribution in [0.1, 0.15) is 31.1 Å². The maximum absolute atomic E-state index is 11.9. The maximum Gasteiger partial charge on any atom is 0.379 e. The fourth-order valence-corrected chi connectivity index (χ4v) is 9.07. The Kier molecular flexibility index (Phi) is 12.7. The molecule has 0 aromatic heterocycles. The number of rotatable bonds is 17. The van der Waals surface area contributed by atoms with E-state index in [4.69, 9.17) is 23.4 Å². The summed E-state index contributed by atoms with van der Waals surface area (Å²) in [6.07, 6.45) is 0. The van der Waals surface area contributed by atoms with Gasteiger partial charge < -0.3 is 23.4 Å². The molecule has 3 aromatic rings. The molecule has 0 saturated heterocycles. The molecule has 0 aliphatic carbocycles. The molecule has 0 bridgehead atoms. The predicted octanol–water partition coefficient (Wildman–Crippen LogP) is 4.04. The zero-order valence-electron chi connectivity index (χ0n) is 23.7. The molecule has 0 saturated carbocycles. The van der Waals surface area contributed by atoms with E-state index in [-0.39, 0.29) is 18.3 Å². The molecular weight excluding hydrogens is 524 g/mol. The van der Waals surface area contributed by atoms with Gasteiger partial charge in [-0.25, -0.2) is 4.79 Å². The lowest BCUT2D eigenvalue weighted by Gasteiger charge is -2.43. The molecule has 8 heteroatoms. The van der Waals surface area contributed by atoms with Gasteiger partial charge in [0.1, 0.15) is 6.61 Å². The minimum atomic E-state index is -2.56. The number of esters is 1. The van der Waals surface area contributed by atoms with Crippen molar-refractivity contribution in [3.05, 3.63) is 96.6 Å². The Morgan fingerprint density at radius 1 is 0.575 bits per heavy atom. The Balaban J connectivity index is 1.30. The van der Waals surface area contributed by atoms with Gasteiger partial charge in [-0.05, 0) is 15.4 Å². The van der Waals surface area contributed by atoms with Gasteiger partial charge in [-0.15, -0.1) is 0 Å². The van der Waals surface area contributed by atoms with Gasteiger partial charge in [-0.3, -0.25) is 4.79 Å². The van der Waals surface area contributed by atoms with Gasteiger partial charge in [0.15, 0.2) is 0 Å². The minimum Gasteiger partial charge on any atom is -0.457 e. The molecule has 7 nitrogen and oxygen atoms in total. The fourth-order valence-electron chi connectivity index (χ4n) is 4.52. The third-order valence-corrected chi connectivity index (χ3v) is 11.4. The number of carbonyl (C=O) groups is 2. The topological polar surface area (TPSA) is 80.3 Å². The molecule has 0 amide bonds. The molecule has 0 spiro atoms. The molecule has 3 aromatic carbocycles. The number of hydrogen-bond acceptors (Lipinski definition) is 7. The SMILES string of the molecule is CC(C)(C)[Si](OCCOCCOCCOCCOC(=O)C(=O)c1ccccc1)(c1ccccc1)c1ccccc1. The number of hydrogen-bond donors (Lipinski definition) is 0. The van der Waals surface area contributed by atoms with Gasteiger partial charge in [0.2, 0.25) is 0 Å². The number of ether oxygens (including phenoxy) is 4. The molecular formula is C32H40O7Si. The van der Waals surface area contributed by atoms with Crippen LogP contribution < -0.4 is 10.4 Å². The van der Waals surface area contributed by atoms with E-state index in [0.717, 1.165) is 0 Å². The highest BCUT2D eigenvalue weighted by Gasteiger charge is 2.49. The summed E-state index contributed by atoms with van der Waals surface area (Å²) in [4.78, 5) is 23.7. The van der Waals surface area contributed by atoms with E-state index < -0.39 is 20.1 Å². The first kappa shape index (κ1) is 31.4. The van der Waals surface area contributed by atoms with Gasteiger partial charge >= 0.3 is 5.97 Å². The Labute approximate surface area is 238 Å². The highest BCUT2D eigenvalue weighted by molar-refractivity contribution is 6.99. The average molecular weight is 565 g/mol. The van der Waals surface area contributed by atoms with Gasteiger partial charge in [0.25, 0.3) is 14.1 Å². The van der Waals surface area contributed by atoms with Crippen LogP contribution in [0.25, 0.3) is 0 Å². The third kappa shape index (κ3) is 8.94. The lowest BCUT2D eigenvalue weighted by atomic mass is 10.1. The van der Waals surface area contributed by atoms with Crippen molar-refractivity contribution < 1.29 is 33.0 Å². The van der Waals surface area contributed by atoms with Crippen molar-refractivity contribution in [1.29, 1.82) is 0 Å². The largest absolute Gasteiger partial charge is 0.457 e. The van der Waals surface area contributed by atoms with Crippen LogP contribution >= 0.6 is 0 Å². The Morgan fingerprint density at radius 2 is 0.975 bits per heavy atom. The quantitative estimate of drug-likeness (QED) is 0.0805. The summed E-state index contributed by atoms with van der Waals surface area (Å²) in [5, 5.41) is 2.42. The van der Waals surface area contributed by atoms with Crippen LogP contribution in [0, 0.1) is 0 Å². The maximum atomic E-state index is 11.9.